The Morgan fingerprint density at radius 2 is 0.917 bits per heavy atom. The number of anilines is 6. The minimum Gasteiger partial charge on any atom is -0.338 e. The van der Waals surface area contributed by atoms with E-state index in [2.05, 4.69) is 174 Å². The van der Waals surface area contributed by atoms with E-state index in [-0.39, 0.29) is 0 Å². The lowest BCUT2D eigenvalue weighted by Crippen LogP contribution is -2.15. The summed E-state index contributed by atoms with van der Waals surface area (Å²) in [5.74, 6) is 0. The van der Waals surface area contributed by atoms with Crippen molar-refractivity contribution in [2.24, 2.45) is 0 Å². The van der Waals surface area contributed by atoms with Crippen molar-refractivity contribution in [2.45, 2.75) is 39.5 Å². The number of aromatic nitrogens is 1. The molecule has 0 atom stereocenters. The van der Waals surface area contributed by atoms with Crippen LogP contribution in [0.4, 0.5) is 34.1 Å². The molecule has 2 aliphatic heterocycles. The second-order valence-corrected chi connectivity index (χ2v) is 15.0. The molecule has 0 saturated heterocycles. The Bertz CT molecular complexity index is 2540. The molecule has 0 saturated carbocycles. The zero-order chi connectivity index (χ0) is 31.9. The Morgan fingerprint density at radius 3 is 1.50 bits per heavy atom. The highest BCUT2D eigenvalue weighted by molar-refractivity contribution is 8.00. The van der Waals surface area contributed by atoms with Crippen LogP contribution < -0.4 is 9.80 Å². The molecule has 0 fully saturated rings. The first kappa shape index (κ1) is 28.0. The average Bonchev–Trinajstić information content (AvgIpc) is 3.45. The Hall–Kier alpha value is -5.10. The van der Waals surface area contributed by atoms with Crippen molar-refractivity contribution in [2.75, 3.05) is 9.80 Å². The summed E-state index contributed by atoms with van der Waals surface area (Å²) < 4.78 is 2.49. The van der Waals surface area contributed by atoms with Gasteiger partial charge in [-0.3, -0.25) is 0 Å². The van der Waals surface area contributed by atoms with Crippen LogP contribution in [0.1, 0.15) is 19.9 Å². The maximum Gasteiger partial charge on any atom is 0.0622 e. The van der Waals surface area contributed by atoms with E-state index in [1.54, 1.807) is 0 Å². The van der Waals surface area contributed by atoms with E-state index in [9.17, 15) is 0 Å². The molecule has 48 heavy (non-hydrogen) atoms. The molecule has 3 heterocycles. The maximum absolute atomic E-state index is 2.49. The van der Waals surface area contributed by atoms with Crippen molar-refractivity contribution in [1.82, 2.24) is 4.57 Å². The molecule has 0 aliphatic carbocycles. The highest BCUT2D eigenvalue weighted by Gasteiger charge is 2.28. The Morgan fingerprint density at radius 1 is 0.417 bits per heavy atom. The van der Waals surface area contributed by atoms with Crippen LogP contribution in [0.2, 0.25) is 0 Å². The van der Waals surface area contributed by atoms with E-state index in [0.717, 1.165) is 0 Å². The molecule has 230 valence electrons. The summed E-state index contributed by atoms with van der Waals surface area (Å²) in [4.78, 5) is 9.97. The number of nitrogens with zero attached hydrogens (tertiary/aromatic N) is 3. The standard InChI is InChI=1S/C43H31N3S2/c1-27(2)44-34-12-4-3-11-32(34)33-25-43-39(26-38(33)44)46(37-15-7-10-18-42(37)48-43)31-22-20-28-23-30(21-19-29(28)24-31)45-35-13-5-8-16-40(35)47-41-17-9-6-14-36(41)45/h3-27H,1-2H3. The normalized spacial score (nSPS) is 13.6. The van der Waals surface area contributed by atoms with E-state index >= 15 is 0 Å². The summed E-state index contributed by atoms with van der Waals surface area (Å²) in [7, 11) is 0. The van der Waals surface area contributed by atoms with Gasteiger partial charge < -0.3 is 14.4 Å². The molecule has 5 heteroatoms. The van der Waals surface area contributed by atoms with Crippen LogP contribution in [0.25, 0.3) is 32.6 Å². The molecular weight excluding hydrogens is 623 g/mol. The topological polar surface area (TPSA) is 11.4 Å². The van der Waals surface area contributed by atoms with Gasteiger partial charge in [-0.25, -0.2) is 0 Å². The molecule has 0 amide bonds. The molecule has 10 rings (SSSR count). The van der Waals surface area contributed by atoms with E-state index in [0.29, 0.717) is 6.04 Å². The molecule has 7 aromatic carbocycles. The molecule has 3 nitrogen and oxygen atoms in total. The largest absolute Gasteiger partial charge is 0.338 e. The van der Waals surface area contributed by atoms with Gasteiger partial charge in [0.1, 0.15) is 0 Å². The lowest BCUT2D eigenvalue weighted by molar-refractivity contribution is 0.642. The zero-order valence-electron chi connectivity index (χ0n) is 26.6. The fourth-order valence-corrected chi connectivity index (χ4v) is 9.70. The Labute approximate surface area is 288 Å². The van der Waals surface area contributed by atoms with Gasteiger partial charge >= 0.3 is 0 Å². The highest BCUT2D eigenvalue weighted by atomic mass is 32.2. The molecule has 0 radical (unpaired) electrons. The summed E-state index contributed by atoms with van der Waals surface area (Å²) >= 11 is 3.72. The molecule has 0 N–H and O–H groups in total. The summed E-state index contributed by atoms with van der Waals surface area (Å²) in [6.45, 7) is 4.56. The number of rotatable bonds is 3. The van der Waals surface area contributed by atoms with Gasteiger partial charge in [-0.1, -0.05) is 90.3 Å². The molecular formula is C43H31N3S2. The Kier molecular flexibility index (Phi) is 6.24. The number of hydrogen-bond acceptors (Lipinski definition) is 4. The van der Waals surface area contributed by atoms with E-state index in [4.69, 9.17) is 0 Å². The summed E-state index contributed by atoms with van der Waals surface area (Å²) in [6.07, 6.45) is 0. The van der Waals surface area contributed by atoms with Crippen LogP contribution >= 0.6 is 23.5 Å². The third kappa shape index (κ3) is 4.17. The van der Waals surface area contributed by atoms with Crippen molar-refractivity contribution in [3.8, 4) is 0 Å². The van der Waals surface area contributed by atoms with Gasteiger partial charge in [0.2, 0.25) is 0 Å². The minimum absolute atomic E-state index is 0.342. The van der Waals surface area contributed by atoms with Gasteiger partial charge in [-0.2, -0.15) is 0 Å². The van der Waals surface area contributed by atoms with Crippen molar-refractivity contribution < 1.29 is 0 Å². The quantitative estimate of drug-likeness (QED) is 0.188. The molecule has 0 bridgehead atoms. The third-order valence-electron chi connectivity index (χ3n) is 9.63. The van der Waals surface area contributed by atoms with E-state index in [1.165, 1.54) is 86.3 Å². The summed E-state index contributed by atoms with van der Waals surface area (Å²) in [5, 5.41) is 5.07. The number of benzene rings is 7. The maximum atomic E-state index is 2.49. The van der Waals surface area contributed by atoms with Crippen LogP contribution in [0.5, 0.6) is 0 Å². The van der Waals surface area contributed by atoms with Crippen molar-refractivity contribution >= 4 is 90.2 Å². The predicted octanol–water partition coefficient (Wildman–Crippen LogP) is 13.4. The smallest absolute Gasteiger partial charge is 0.0622 e. The van der Waals surface area contributed by atoms with Gasteiger partial charge in [-0.05, 0) is 103 Å². The fraction of sp³-hybridized carbons (Fsp3) is 0.0698. The second kappa shape index (κ2) is 10.7. The lowest BCUT2D eigenvalue weighted by Gasteiger charge is -2.34. The first-order chi connectivity index (χ1) is 23.6. The van der Waals surface area contributed by atoms with Crippen LogP contribution in [-0.4, -0.2) is 4.57 Å². The zero-order valence-corrected chi connectivity index (χ0v) is 28.2. The van der Waals surface area contributed by atoms with Crippen LogP contribution in [0.3, 0.4) is 0 Å². The van der Waals surface area contributed by atoms with Gasteiger partial charge in [0.15, 0.2) is 0 Å². The van der Waals surface area contributed by atoms with Crippen molar-refractivity contribution in [1.29, 1.82) is 0 Å². The van der Waals surface area contributed by atoms with Gasteiger partial charge in [-0.15, -0.1) is 0 Å². The highest BCUT2D eigenvalue weighted by Crippen LogP contribution is 2.54. The summed E-state index contributed by atoms with van der Waals surface area (Å²) in [6, 6.07) is 54.0. The van der Waals surface area contributed by atoms with Crippen LogP contribution in [0.15, 0.2) is 165 Å². The fourth-order valence-electron chi connectivity index (χ4n) is 7.56. The van der Waals surface area contributed by atoms with Crippen LogP contribution in [0, 0.1) is 0 Å². The van der Waals surface area contributed by atoms with Gasteiger partial charge in [0.05, 0.1) is 28.3 Å². The lowest BCUT2D eigenvalue weighted by atomic mass is 10.1. The number of para-hydroxylation sites is 4. The molecule has 1 aromatic heterocycles. The first-order valence-corrected chi connectivity index (χ1v) is 18.1. The van der Waals surface area contributed by atoms with E-state index < -0.39 is 0 Å². The first-order valence-electron chi connectivity index (χ1n) is 16.5. The predicted molar refractivity (Wildman–Crippen MR) is 205 cm³/mol. The number of hydrogen-bond donors (Lipinski definition) is 0. The van der Waals surface area contributed by atoms with Crippen molar-refractivity contribution in [3.05, 3.63) is 146 Å². The molecule has 0 unspecified atom stereocenters. The van der Waals surface area contributed by atoms with Crippen LogP contribution in [-0.2, 0) is 0 Å². The number of fused-ring (bicyclic) bond motifs is 8. The molecule has 0 spiro atoms. The van der Waals surface area contributed by atoms with Gasteiger partial charge in [0, 0.05) is 53.3 Å². The SMILES string of the molecule is CC(C)n1c2ccccc2c2cc3c(cc21)N(c1ccc2cc(N4c5ccccc5Sc5ccccc54)ccc2c1)c1ccccc1S3. The Balaban J connectivity index is 1.13. The van der Waals surface area contributed by atoms with Crippen molar-refractivity contribution in [3.63, 3.8) is 0 Å². The third-order valence-corrected chi connectivity index (χ3v) is 11.9. The monoisotopic (exact) mass is 653 g/mol. The second-order valence-electron chi connectivity index (χ2n) is 12.8. The summed E-state index contributed by atoms with van der Waals surface area (Å²) in [5.41, 5.74) is 9.80. The molecule has 8 aromatic rings. The minimum atomic E-state index is 0.342. The van der Waals surface area contributed by atoms with E-state index in [1.807, 2.05) is 23.5 Å². The molecule has 2 aliphatic rings. The average molecular weight is 654 g/mol. The van der Waals surface area contributed by atoms with Gasteiger partial charge in [0.25, 0.3) is 0 Å².